The van der Waals surface area contributed by atoms with Crippen LogP contribution in [0.2, 0.25) is 0 Å². The van der Waals surface area contributed by atoms with Crippen LogP contribution in [-0.2, 0) is 14.3 Å². The molecule has 0 N–H and O–H groups in total. The first-order valence-corrected chi connectivity index (χ1v) is 4.19. The minimum atomic E-state index is -0.430. The van der Waals surface area contributed by atoms with Crippen molar-refractivity contribution in [2.45, 2.75) is 33.1 Å². The molecule has 3 nitrogen and oxygen atoms in total. The zero-order valence-electron chi connectivity index (χ0n) is 7.35. The highest BCUT2D eigenvalue weighted by Gasteiger charge is 2.60. The van der Waals surface area contributed by atoms with Gasteiger partial charge in [-0.3, -0.25) is 9.59 Å². The van der Waals surface area contributed by atoms with Gasteiger partial charge in [-0.05, 0) is 18.3 Å². The molecule has 1 saturated carbocycles. The first-order chi connectivity index (χ1) is 5.44. The topological polar surface area (TPSA) is 43.4 Å². The number of carbonyl (C=O) groups excluding carboxylic acids is 2. The Kier molecular flexibility index (Phi) is 1.23. The first kappa shape index (κ1) is 7.77. The van der Waals surface area contributed by atoms with Gasteiger partial charge in [0.05, 0.1) is 11.8 Å². The van der Waals surface area contributed by atoms with Crippen LogP contribution in [0, 0.1) is 10.8 Å². The van der Waals surface area contributed by atoms with Crippen LogP contribution < -0.4 is 0 Å². The van der Waals surface area contributed by atoms with E-state index in [1.165, 1.54) is 0 Å². The van der Waals surface area contributed by atoms with Crippen LogP contribution in [-0.4, -0.2) is 11.9 Å². The lowest BCUT2D eigenvalue weighted by Gasteiger charge is -2.47. The molecule has 1 heterocycles. The van der Waals surface area contributed by atoms with Crippen LogP contribution in [0.25, 0.3) is 0 Å². The Balaban J connectivity index is 2.16. The van der Waals surface area contributed by atoms with Gasteiger partial charge in [0.2, 0.25) is 0 Å². The summed E-state index contributed by atoms with van der Waals surface area (Å²) in [6.07, 6.45) is 1.89. The number of ether oxygens (including phenoxy) is 1. The van der Waals surface area contributed by atoms with E-state index in [9.17, 15) is 9.59 Å². The van der Waals surface area contributed by atoms with Gasteiger partial charge >= 0.3 is 11.9 Å². The highest BCUT2D eigenvalue weighted by atomic mass is 16.6. The number of cyclic esters (lactones) is 2. The van der Waals surface area contributed by atoms with E-state index in [-0.39, 0.29) is 17.4 Å². The number of hydrogen-bond acceptors (Lipinski definition) is 3. The van der Waals surface area contributed by atoms with E-state index >= 15 is 0 Å². The van der Waals surface area contributed by atoms with Gasteiger partial charge in [0.15, 0.2) is 0 Å². The molecule has 2 rings (SSSR count). The summed E-state index contributed by atoms with van der Waals surface area (Å²) in [5.41, 5.74) is -0.218. The van der Waals surface area contributed by atoms with Crippen LogP contribution in [0.4, 0.5) is 0 Å². The Bertz CT molecular complexity index is 257. The van der Waals surface area contributed by atoms with E-state index in [2.05, 4.69) is 18.6 Å². The van der Waals surface area contributed by atoms with Crippen molar-refractivity contribution in [3.8, 4) is 0 Å². The van der Waals surface area contributed by atoms with Crippen molar-refractivity contribution in [3.63, 3.8) is 0 Å². The molecule has 0 unspecified atom stereocenters. The van der Waals surface area contributed by atoms with Gasteiger partial charge in [0.1, 0.15) is 0 Å². The Hall–Kier alpha value is -0.860. The van der Waals surface area contributed by atoms with Crippen molar-refractivity contribution in [1.29, 1.82) is 0 Å². The average Bonchev–Trinajstić information content (AvgIpc) is 2.04. The summed E-state index contributed by atoms with van der Waals surface area (Å²) in [4.78, 5) is 22.1. The van der Waals surface area contributed by atoms with Crippen molar-refractivity contribution in [3.05, 3.63) is 0 Å². The zero-order chi connectivity index (χ0) is 8.98. The van der Waals surface area contributed by atoms with Gasteiger partial charge in [-0.15, -0.1) is 0 Å². The Morgan fingerprint density at radius 1 is 1.25 bits per heavy atom. The molecule has 12 heavy (non-hydrogen) atoms. The summed E-state index contributed by atoms with van der Waals surface area (Å²) >= 11 is 0. The fourth-order valence-electron chi connectivity index (χ4n) is 2.65. The molecule has 1 saturated heterocycles. The fraction of sp³-hybridized carbons (Fsp3) is 0.778. The molecule has 0 bridgehead atoms. The molecular weight excluding hydrogens is 156 g/mol. The van der Waals surface area contributed by atoms with Crippen LogP contribution in [0.5, 0.6) is 0 Å². The monoisotopic (exact) mass is 168 g/mol. The highest BCUT2D eigenvalue weighted by Crippen LogP contribution is 2.58. The van der Waals surface area contributed by atoms with E-state index < -0.39 is 5.41 Å². The minimum Gasteiger partial charge on any atom is -0.393 e. The quantitative estimate of drug-likeness (QED) is 0.404. The summed E-state index contributed by atoms with van der Waals surface area (Å²) in [6, 6.07) is 0. The second kappa shape index (κ2) is 1.90. The van der Waals surface area contributed by atoms with Gasteiger partial charge in [-0.25, -0.2) is 0 Å². The minimum absolute atomic E-state index is 0.212. The van der Waals surface area contributed by atoms with Crippen LogP contribution in [0.1, 0.15) is 33.1 Å². The molecule has 0 amide bonds. The van der Waals surface area contributed by atoms with Crippen LogP contribution in [0.3, 0.4) is 0 Å². The third kappa shape index (κ3) is 0.886. The maximum atomic E-state index is 11.2. The molecule has 0 aromatic rings. The molecule has 3 heteroatoms. The summed E-state index contributed by atoms with van der Waals surface area (Å²) in [7, 11) is 0. The van der Waals surface area contributed by atoms with Crippen LogP contribution in [0.15, 0.2) is 0 Å². The number of hydrogen-bond donors (Lipinski definition) is 0. The van der Waals surface area contributed by atoms with E-state index in [0.29, 0.717) is 6.42 Å². The summed E-state index contributed by atoms with van der Waals surface area (Å²) < 4.78 is 4.53. The van der Waals surface area contributed by atoms with E-state index in [0.717, 1.165) is 12.8 Å². The van der Waals surface area contributed by atoms with Gasteiger partial charge in [0.25, 0.3) is 0 Å². The highest BCUT2D eigenvalue weighted by molar-refractivity contribution is 5.98. The van der Waals surface area contributed by atoms with Crippen molar-refractivity contribution in [2.75, 3.05) is 0 Å². The Morgan fingerprint density at radius 2 is 1.83 bits per heavy atom. The van der Waals surface area contributed by atoms with E-state index in [4.69, 9.17) is 0 Å². The summed E-state index contributed by atoms with van der Waals surface area (Å²) in [5.74, 6) is -0.651. The lowest BCUT2D eigenvalue weighted by Crippen LogP contribution is -2.46. The lowest BCUT2D eigenvalue weighted by atomic mass is 9.54. The third-order valence-electron chi connectivity index (χ3n) is 2.76. The molecule has 0 atom stereocenters. The molecule has 66 valence electrons. The molecule has 2 fully saturated rings. The SMILES string of the molecule is CC1(C)CC2(CC(=O)OC2=O)C1. The maximum absolute atomic E-state index is 11.2. The van der Waals surface area contributed by atoms with Gasteiger partial charge in [0, 0.05) is 0 Å². The predicted octanol–water partition coefficient (Wildman–Crippen LogP) is 1.27. The smallest absolute Gasteiger partial charge is 0.320 e. The second-order valence-electron chi connectivity index (χ2n) is 4.74. The predicted molar refractivity (Wildman–Crippen MR) is 41.2 cm³/mol. The van der Waals surface area contributed by atoms with Crippen LogP contribution >= 0.6 is 0 Å². The maximum Gasteiger partial charge on any atom is 0.320 e. The molecule has 0 aromatic carbocycles. The van der Waals surface area contributed by atoms with Gasteiger partial charge < -0.3 is 4.74 Å². The lowest BCUT2D eigenvalue weighted by molar-refractivity contribution is -0.161. The largest absolute Gasteiger partial charge is 0.393 e. The van der Waals surface area contributed by atoms with Crippen molar-refractivity contribution >= 4 is 11.9 Å². The molecule has 1 aliphatic carbocycles. The van der Waals surface area contributed by atoms with Crippen molar-refractivity contribution in [1.82, 2.24) is 0 Å². The molecular formula is C9H12O3. The average molecular weight is 168 g/mol. The molecule has 2 aliphatic rings. The summed E-state index contributed by atoms with van der Waals surface area (Å²) in [5, 5.41) is 0. The second-order valence-corrected chi connectivity index (χ2v) is 4.74. The number of carbonyl (C=O) groups is 2. The van der Waals surface area contributed by atoms with E-state index in [1.807, 2.05) is 0 Å². The third-order valence-corrected chi connectivity index (χ3v) is 2.76. The Labute approximate surface area is 71.1 Å². The standard InChI is InChI=1S/C9H12O3/c1-8(2)4-9(5-8)3-6(10)12-7(9)11/h3-5H2,1-2H3. The molecule has 0 aromatic heterocycles. The van der Waals surface area contributed by atoms with Crippen molar-refractivity contribution in [2.24, 2.45) is 10.8 Å². The first-order valence-electron chi connectivity index (χ1n) is 4.19. The normalized spacial score (nSPS) is 30.2. The fourth-order valence-corrected chi connectivity index (χ4v) is 2.65. The molecule has 1 aliphatic heterocycles. The Morgan fingerprint density at radius 3 is 2.17 bits per heavy atom. The van der Waals surface area contributed by atoms with Gasteiger partial charge in [-0.2, -0.15) is 0 Å². The number of esters is 2. The zero-order valence-corrected chi connectivity index (χ0v) is 7.35. The number of rotatable bonds is 0. The molecule has 1 spiro atoms. The van der Waals surface area contributed by atoms with Crippen molar-refractivity contribution < 1.29 is 14.3 Å². The summed E-state index contributed by atoms with van der Waals surface area (Å²) in [6.45, 7) is 4.21. The molecule has 0 radical (unpaired) electrons. The van der Waals surface area contributed by atoms with Gasteiger partial charge in [-0.1, -0.05) is 13.8 Å². The van der Waals surface area contributed by atoms with E-state index in [1.54, 1.807) is 0 Å².